The zero-order valence-corrected chi connectivity index (χ0v) is 13.0. The van der Waals surface area contributed by atoms with E-state index in [4.69, 9.17) is 5.11 Å². The molecule has 1 aromatic rings. The van der Waals surface area contributed by atoms with Crippen LogP contribution in [0.1, 0.15) is 32.8 Å². The van der Waals surface area contributed by atoms with E-state index in [0.717, 1.165) is 6.42 Å². The van der Waals surface area contributed by atoms with Gasteiger partial charge in [0.1, 0.15) is 0 Å². The number of rotatable bonds is 7. The van der Waals surface area contributed by atoms with Crippen LogP contribution in [0.3, 0.4) is 0 Å². The fourth-order valence-corrected chi connectivity index (χ4v) is 1.84. The predicted octanol–water partition coefficient (Wildman–Crippen LogP) is 4.95. The van der Waals surface area contributed by atoms with Crippen LogP contribution in [-0.4, -0.2) is 11.1 Å². The van der Waals surface area contributed by atoms with E-state index in [9.17, 15) is 4.79 Å². The first kappa shape index (κ1) is 17.0. The van der Waals surface area contributed by atoms with Crippen LogP contribution in [0.25, 0.3) is 6.08 Å². The van der Waals surface area contributed by atoms with Gasteiger partial charge in [0.15, 0.2) is 0 Å². The largest absolute Gasteiger partial charge is 0.478 e. The highest BCUT2D eigenvalue weighted by atomic mass is 16.4. The maximum Gasteiger partial charge on any atom is 0.331 e. The van der Waals surface area contributed by atoms with Crippen LogP contribution in [0, 0.1) is 11.3 Å². The van der Waals surface area contributed by atoms with Gasteiger partial charge in [0.25, 0.3) is 0 Å². The molecular formula is C19H24O2. The van der Waals surface area contributed by atoms with Gasteiger partial charge < -0.3 is 5.11 Å². The number of carbonyl (C=O) groups is 1. The van der Waals surface area contributed by atoms with Crippen molar-refractivity contribution in [2.24, 2.45) is 11.3 Å². The van der Waals surface area contributed by atoms with Gasteiger partial charge in [-0.2, -0.15) is 0 Å². The van der Waals surface area contributed by atoms with E-state index in [0.29, 0.717) is 5.92 Å². The lowest BCUT2D eigenvalue weighted by atomic mass is 9.83. The van der Waals surface area contributed by atoms with Gasteiger partial charge in [-0.15, -0.1) is 0 Å². The molecule has 0 heterocycles. The highest BCUT2D eigenvalue weighted by molar-refractivity contribution is 5.87. The number of hydrogen-bond acceptors (Lipinski definition) is 1. The maximum absolute atomic E-state index is 11.0. The Kier molecular flexibility index (Phi) is 6.16. The SMILES string of the molecule is C=C(C(=O)O)C(C)(C)C=CC(C)CC=Cc1ccccc1. The van der Waals surface area contributed by atoms with Gasteiger partial charge >= 0.3 is 5.97 Å². The van der Waals surface area contributed by atoms with Crippen LogP contribution in [0.4, 0.5) is 0 Å². The van der Waals surface area contributed by atoms with Crippen molar-refractivity contribution in [3.63, 3.8) is 0 Å². The lowest BCUT2D eigenvalue weighted by molar-refractivity contribution is -0.133. The Labute approximate surface area is 127 Å². The van der Waals surface area contributed by atoms with Gasteiger partial charge in [0.05, 0.1) is 0 Å². The Hall–Kier alpha value is -2.09. The summed E-state index contributed by atoms with van der Waals surface area (Å²) in [5.41, 5.74) is 0.877. The molecule has 0 aliphatic heterocycles. The first-order chi connectivity index (χ1) is 9.83. The zero-order chi connectivity index (χ0) is 15.9. The number of allylic oxidation sites excluding steroid dienone is 3. The molecule has 0 aliphatic rings. The molecule has 2 nitrogen and oxygen atoms in total. The molecule has 1 unspecified atom stereocenters. The smallest absolute Gasteiger partial charge is 0.331 e. The Morgan fingerprint density at radius 2 is 1.95 bits per heavy atom. The predicted molar refractivity (Wildman–Crippen MR) is 89.0 cm³/mol. The van der Waals surface area contributed by atoms with Crippen LogP contribution < -0.4 is 0 Å². The van der Waals surface area contributed by atoms with Gasteiger partial charge in [-0.25, -0.2) is 4.79 Å². The van der Waals surface area contributed by atoms with E-state index in [-0.39, 0.29) is 5.57 Å². The van der Waals surface area contributed by atoms with Crippen LogP contribution in [-0.2, 0) is 4.79 Å². The zero-order valence-electron chi connectivity index (χ0n) is 13.0. The first-order valence-electron chi connectivity index (χ1n) is 7.16. The third-order valence-electron chi connectivity index (χ3n) is 3.50. The summed E-state index contributed by atoms with van der Waals surface area (Å²) in [6, 6.07) is 10.2. The standard InChI is InChI=1S/C19H24O2/c1-15(9-8-12-17-10-6-5-7-11-17)13-14-19(3,4)16(2)18(20)21/h5-8,10-15H,2,9H2,1,3-4H3,(H,20,21). The molecule has 21 heavy (non-hydrogen) atoms. The summed E-state index contributed by atoms with van der Waals surface area (Å²) in [5, 5.41) is 9.01. The third kappa shape index (κ3) is 5.82. The Morgan fingerprint density at radius 1 is 1.33 bits per heavy atom. The highest BCUT2D eigenvalue weighted by Gasteiger charge is 2.23. The Balaban J connectivity index is 2.55. The van der Waals surface area contributed by atoms with Crippen LogP contribution >= 0.6 is 0 Å². The van der Waals surface area contributed by atoms with Gasteiger partial charge in [0, 0.05) is 11.0 Å². The molecule has 0 bridgehead atoms. The molecule has 1 aromatic carbocycles. The van der Waals surface area contributed by atoms with Crippen molar-refractivity contribution in [3.8, 4) is 0 Å². The number of carboxylic acids is 1. The molecule has 0 spiro atoms. The van der Waals surface area contributed by atoms with Crippen LogP contribution in [0.2, 0.25) is 0 Å². The molecule has 0 aliphatic carbocycles. The number of benzene rings is 1. The quantitative estimate of drug-likeness (QED) is 0.568. The van der Waals surface area contributed by atoms with E-state index < -0.39 is 11.4 Å². The fraction of sp³-hybridized carbons (Fsp3) is 0.316. The van der Waals surface area contributed by atoms with Crippen molar-refractivity contribution in [2.45, 2.75) is 27.2 Å². The van der Waals surface area contributed by atoms with Crippen molar-refractivity contribution in [1.82, 2.24) is 0 Å². The van der Waals surface area contributed by atoms with E-state index in [1.807, 2.05) is 38.1 Å². The summed E-state index contributed by atoms with van der Waals surface area (Å²) < 4.78 is 0. The first-order valence-corrected chi connectivity index (χ1v) is 7.16. The summed E-state index contributed by atoms with van der Waals surface area (Å²) in [7, 11) is 0. The van der Waals surface area contributed by atoms with Crippen molar-refractivity contribution in [1.29, 1.82) is 0 Å². The second kappa shape index (κ2) is 7.63. The molecule has 1 N–H and O–H groups in total. The van der Waals surface area contributed by atoms with Gasteiger partial charge in [-0.3, -0.25) is 0 Å². The molecule has 0 fully saturated rings. The molecule has 0 saturated carbocycles. The number of aliphatic carboxylic acids is 1. The van der Waals surface area contributed by atoms with E-state index in [1.165, 1.54) is 5.56 Å². The van der Waals surface area contributed by atoms with Gasteiger partial charge in [0.2, 0.25) is 0 Å². The third-order valence-corrected chi connectivity index (χ3v) is 3.50. The van der Waals surface area contributed by atoms with Crippen LogP contribution in [0.5, 0.6) is 0 Å². The van der Waals surface area contributed by atoms with Gasteiger partial charge in [-0.05, 0) is 17.9 Å². The molecule has 0 radical (unpaired) electrons. The molecule has 1 rings (SSSR count). The number of carboxylic acid groups (broad SMARTS) is 1. The fourth-order valence-electron chi connectivity index (χ4n) is 1.84. The minimum Gasteiger partial charge on any atom is -0.478 e. The van der Waals surface area contributed by atoms with Gasteiger partial charge in [-0.1, -0.05) is 82.0 Å². The normalized spacial score (nSPS) is 13.7. The van der Waals surface area contributed by atoms with E-state index >= 15 is 0 Å². The molecular weight excluding hydrogens is 260 g/mol. The maximum atomic E-state index is 11.0. The monoisotopic (exact) mass is 284 g/mol. The lowest BCUT2D eigenvalue weighted by Gasteiger charge is -2.20. The second-order valence-corrected chi connectivity index (χ2v) is 5.89. The van der Waals surface area contributed by atoms with Crippen molar-refractivity contribution in [2.75, 3.05) is 0 Å². The van der Waals surface area contributed by atoms with Crippen LogP contribution in [0.15, 0.2) is 60.7 Å². The average Bonchev–Trinajstić information content (AvgIpc) is 2.45. The molecule has 0 saturated heterocycles. The lowest BCUT2D eigenvalue weighted by Crippen LogP contribution is -2.18. The Morgan fingerprint density at radius 3 is 2.52 bits per heavy atom. The van der Waals surface area contributed by atoms with E-state index in [2.05, 4.69) is 43.9 Å². The average molecular weight is 284 g/mol. The van der Waals surface area contributed by atoms with Crippen molar-refractivity contribution >= 4 is 12.0 Å². The topological polar surface area (TPSA) is 37.3 Å². The highest BCUT2D eigenvalue weighted by Crippen LogP contribution is 2.27. The Bertz CT molecular complexity index is 536. The van der Waals surface area contributed by atoms with E-state index in [1.54, 1.807) is 0 Å². The number of hydrogen-bond donors (Lipinski definition) is 1. The summed E-state index contributed by atoms with van der Waals surface area (Å²) in [4.78, 5) is 11.0. The summed E-state index contributed by atoms with van der Waals surface area (Å²) in [5.74, 6) is -0.591. The molecule has 0 aromatic heterocycles. The molecule has 2 heteroatoms. The summed E-state index contributed by atoms with van der Waals surface area (Å²) in [6.07, 6.45) is 9.16. The molecule has 0 amide bonds. The minimum atomic E-state index is -0.943. The summed E-state index contributed by atoms with van der Waals surface area (Å²) in [6.45, 7) is 9.49. The van der Waals surface area contributed by atoms with Crippen molar-refractivity contribution < 1.29 is 9.90 Å². The molecule has 1 atom stereocenters. The molecule has 112 valence electrons. The summed E-state index contributed by atoms with van der Waals surface area (Å²) >= 11 is 0. The van der Waals surface area contributed by atoms with Crippen molar-refractivity contribution in [3.05, 3.63) is 66.3 Å². The minimum absolute atomic E-state index is 0.214. The second-order valence-electron chi connectivity index (χ2n) is 5.89.